The summed E-state index contributed by atoms with van der Waals surface area (Å²) in [5, 5.41) is 8.61. The molecule has 0 fully saturated rings. The fourth-order valence-electron chi connectivity index (χ4n) is 1.46. The highest BCUT2D eigenvalue weighted by atomic mass is 79.9. The number of thiophene rings is 1. The molecule has 7 heteroatoms. The Balaban J connectivity index is 2.08. The fraction of sp³-hybridized carbons (Fsp3) is 0.615. The second-order valence-electron chi connectivity index (χ2n) is 4.04. The lowest BCUT2D eigenvalue weighted by atomic mass is 10.4. The first kappa shape index (κ1) is 17.4. The van der Waals surface area contributed by atoms with Gasteiger partial charge in [-0.25, -0.2) is 0 Å². The molecule has 0 radical (unpaired) electrons. The molecule has 1 aromatic heterocycles. The predicted molar refractivity (Wildman–Crippen MR) is 87.5 cm³/mol. The molecule has 0 unspecified atom stereocenters. The lowest BCUT2D eigenvalue weighted by molar-refractivity contribution is 0.0698. The summed E-state index contributed by atoms with van der Waals surface area (Å²) in [6.45, 7) is 3.63. The number of rotatable bonds is 9. The van der Waals surface area contributed by atoms with Gasteiger partial charge in [0.25, 0.3) is 0 Å². The molecule has 0 aliphatic carbocycles. The van der Waals surface area contributed by atoms with E-state index in [2.05, 4.69) is 43.0 Å². The predicted octanol–water partition coefficient (Wildman–Crippen LogP) is 2.23. The summed E-state index contributed by atoms with van der Waals surface area (Å²) in [7, 11) is 3.45. The van der Waals surface area contributed by atoms with E-state index in [9.17, 15) is 0 Å². The molecule has 0 amide bonds. The van der Waals surface area contributed by atoms with Crippen LogP contribution >= 0.6 is 27.3 Å². The molecule has 1 aromatic rings. The maximum Gasteiger partial charge on any atom is 0.191 e. The van der Waals surface area contributed by atoms with E-state index < -0.39 is 0 Å². The number of nitrogens with one attached hydrogen (secondary N) is 2. The third-order valence-corrected chi connectivity index (χ3v) is 4.16. The molecule has 114 valence electrons. The van der Waals surface area contributed by atoms with Gasteiger partial charge in [-0.15, -0.1) is 11.3 Å². The lowest BCUT2D eigenvalue weighted by Gasteiger charge is -2.11. The van der Waals surface area contributed by atoms with E-state index in [1.165, 1.54) is 4.88 Å². The number of methoxy groups -OCH3 is 1. The van der Waals surface area contributed by atoms with Crippen molar-refractivity contribution in [2.24, 2.45) is 4.99 Å². The first-order chi connectivity index (χ1) is 9.76. The number of nitrogens with zero attached hydrogens (tertiary/aromatic N) is 1. The van der Waals surface area contributed by atoms with Crippen molar-refractivity contribution < 1.29 is 9.47 Å². The summed E-state index contributed by atoms with van der Waals surface area (Å²) in [5.41, 5.74) is 0. The maximum atomic E-state index is 5.39. The molecular weight excluding hydrogens is 342 g/mol. The van der Waals surface area contributed by atoms with Gasteiger partial charge in [-0.1, -0.05) is 0 Å². The van der Waals surface area contributed by atoms with Gasteiger partial charge >= 0.3 is 0 Å². The van der Waals surface area contributed by atoms with E-state index >= 15 is 0 Å². The monoisotopic (exact) mass is 363 g/mol. The molecule has 1 rings (SSSR count). The maximum absolute atomic E-state index is 5.39. The summed E-state index contributed by atoms with van der Waals surface area (Å²) in [6, 6.07) is 2.11. The van der Waals surface area contributed by atoms with Crippen molar-refractivity contribution in [1.29, 1.82) is 0 Å². The first-order valence-corrected chi connectivity index (χ1v) is 8.17. The van der Waals surface area contributed by atoms with Crippen molar-refractivity contribution in [3.8, 4) is 0 Å². The number of aliphatic imine (C=N–C) groups is 1. The van der Waals surface area contributed by atoms with Crippen LogP contribution in [0.3, 0.4) is 0 Å². The summed E-state index contributed by atoms with van der Waals surface area (Å²) < 4.78 is 11.4. The standard InChI is InChI=1S/C13H22BrN3O2S/c1-15-13(16-4-3-5-19-7-6-18-2)17-9-12-8-11(14)10-20-12/h8,10H,3-7,9H2,1-2H3,(H2,15,16,17). The molecular formula is C13H22BrN3O2S. The van der Waals surface area contributed by atoms with Crippen LogP contribution in [0.4, 0.5) is 0 Å². The lowest BCUT2D eigenvalue weighted by Crippen LogP contribution is -2.37. The number of guanidine groups is 1. The topological polar surface area (TPSA) is 54.9 Å². The van der Waals surface area contributed by atoms with Crippen LogP contribution < -0.4 is 10.6 Å². The van der Waals surface area contributed by atoms with Crippen LogP contribution in [0, 0.1) is 0 Å². The molecule has 0 aliphatic rings. The van der Waals surface area contributed by atoms with Gasteiger partial charge in [-0.3, -0.25) is 4.99 Å². The zero-order chi connectivity index (χ0) is 14.6. The van der Waals surface area contributed by atoms with Crippen LogP contribution in [0.1, 0.15) is 11.3 Å². The molecule has 1 heterocycles. The van der Waals surface area contributed by atoms with Crippen LogP contribution in [0.5, 0.6) is 0 Å². The Morgan fingerprint density at radius 2 is 2.20 bits per heavy atom. The average Bonchev–Trinajstić information content (AvgIpc) is 2.87. The highest BCUT2D eigenvalue weighted by Gasteiger charge is 2.00. The number of halogens is 1. The third kappa shape index (κ3) is 7.84. The van der Waals surface area contributed by atoms with Crippen molar-refractivity contribution in [3.63, 3.8) is 0 Å². The minimum atomic E-state index is 0.646. The van der Waals surface area contributed by atoms with Crippen LogP contribution in [0.25, 0.3) is 0 Å². The highest BCUT2D eigenvalue weighted by Crippen LogP contribution is 2.19. The van der Waals surface area contributed by atoms with Crippen molar-refractivity contribution in [2.75, 3.05) is 40.5 Å². The summed E-state index contributed by atoms with van der Waals surface area (Å²) in [5.74, 6) is 0.811. The van der Waals surface area contributed by atoms with Gasteiger partial charge < -0.3 is 20.1 Å². The van der Waals surface area contributed by atoms with Crippen LogP contribution in [-0.2, 0) is 16.0 Å². The first-order valence-electron chi connectivity index (χ1n) is 6.50. The van der Waals surface area contributed by atoms with E-state index in [0.717, 1.165) is 36.5 Å². The van der Waals surface area contributed by atoms with E-state index in [4.69, 9.17) is 9.47 Å². The Morgan fingerprint density at radius 1 is 1.35 bits per heavy atom. The normalized spacial score (nSPS) is 11.7. The highest BCUT2D eigenvalue weighted by molar-refractivity contribution is 9.10. The molecule has 0 aliphatic heterocycles. The van der Waals surface area contributed by atoms with E-state index in [1.54, 1.807) is 25.5 Å². The Bertz CT molecular complexity index is 399. The SMILES string of the molecule is CN=C(NCCCOCCOC)NCc1cc(Br)cs1. The quantitative estimate of drug-likeness (QED) is 0.401. The van der Waals surface area contributed by atoms with Crippen molar-refractivity contribution in [1.82, 2.24) is 10.6 Å². The summed E-state index contributed by atoms with van der Waals surface area (Å²) >= 11 is 5.16. The van der Waals surface area contributed by atoms with E-state index in [0.29, 0.717) is 13.2 Å². The molecule has 0 bridgehead atoms. The molecule has 0 aromatic carbocycles. The van der Waals surface area contributed by atoms with Gasteiger partial charge in [0.2, 0.25) is 0 Å². The van der Waals surface area contributed by atoms with Crippen LogP contribution in [0.15, 0.2) is 20.9 Å². The minimum absolute atomic E-state index is 0.646. The third-order valence-electron chi connectivity index (χ3n) is 2.47. The van der Waals surface area contributed by atoms with E-state index in [-0.39, 0.29) is 0 Å². The second kappa shape index (κ2) is 11.1. The summed E-state index contributed by atoms with van der Waals surface area (Å²) in [6.07, 6.45) is 0.939. The Kier molecular flexibility index (Phi) is 9.65. The molecule has 0 saturated heterocycles. The molecule has 2 N–H and O–H groups in total. The van der Waals surface area contributed by atoms with Gasteiger partial charge in [0.15, 0.2) is 5.96 Å². The molecule has 0 saturated carbocycles. The number of hydrogen-bond donors (Lipinski definition) is 2. The van der Waals surface area contributed by atoms with Gasteiger partial charge in [-0.2, -0.15) is 0 Å². The Morgan fingerprint density at radius 3 is 2.85 bits per heavy atom. The zero-order valence-electron chi connectivity index (χ0n) is 11.9. The Labute approximate surface area is 132 Å². The van der Waals surface area contributed by atoms with Crippen molar-refractivity contribution >= 4 is 33.2 Å². The van der Waals surface area contributed by atoms with Crippen molar-refractivity contribution in [2.45, 2.75) is 13.0 Å². The molecule has 0 spiro atoms. The van der Waals surface area contributed by atoms with Crippen LogP contribution in [0.2, 0.25) is 0 Å². The van der Waals surface area contributed by atoms with Gasteiger partial charge in [0.1, 0.15) is 0 Å². The fourth-order valence-corrected chi connectivity index (χ4v) is 2.85. The molecule has 0 atom stereocenters. The number of hydrogen-bond acceptors (Lipinski definition) is 4. The number of ether oxygens (including phenoxy) is 2. The van der Waals surface area contributed by atoms with Crippen LogP contribution in [-0.4, -0.2) is 46.5 Å². The second-order valence-corrected chi connectivity index (χ2v) is 5.95. The molecule has 5 nitrogen and oxygen atoms in total. The minimum Gasteiger partial charge on any atom is -0.382 e. The smallest absolute Gasteiger partial charge is 0.191 e. The average molecular weight is 364 g/mol. The van der Waals surface area contributed by atoms with Crippen molar-refractivity contribution in [3.05, 3.63) is 20.8 Å². The van der Waals surface area contributed by atoms with Gasteiger partial charge in [0, 0.05) is 42.0 Å². The largest absolute Gasteiger partial charge is 0.382 e. The van der Waals surface area contributed by atoms with Gasteiger partial charge in [-0.05, 0) is 28.4 Å². The zero-order valence-corrected chi connectivity index (χ0v) is 14.3. The molecule has 20 heavy (non-hydrogen) atoms. The van der Waals surface area contributed by atoms with Gasteiger partial charge in [0.05, 0.1) is 19.8 Å². The summed E-state index contributed by atoms with van der Waals surface area (Å²) in [4.78, 5) is 5.45. The Hall–Kier alpha value is -0.630. The van der Waals surface area contributed by atoms with E-state index in [1.807, 2.05) is 0 Å².